The first-order valence-corrected chi connectivity index (χ1v) is 7.68. The second-order valence-corrected chi connectivity index (χ2v) is 6.43. The zero-order chi connectivity index (χ0) is 15.7. The molecule has 0 bridgehead atoms. The van der Waals surface area contributed by atoms with Crippen molar-refractivity contribution >= 4 is 10.0 Å². The van der Waals surface area contributed by atoms with Crippen LogP contribution < -0.4 is 5.73 Å². The Labute approximate surface area is 120 Å². The van der Waals surface area contributed by atoms with E-state index in [9.17, 15) is 21.6 Å². The van der Waals surface area contributed by atoms with Crippen LogP contribution in [0.2, 0.25) is 0 Å². The van der Waals surface area contributed by atoms with Crippen LogP contribution in [-0.4, -0.2) is 45.1 Å². The van der Waals surface area contributed by atoms with Crippen molar-refractivity contribution in [2.75, 3.05) is 26.3 Å². The van der Waals surface area contributed by atoms with Gasteiger partial charge in [0, 0.05) is 13.1 Å². The molecule has 2 rings (SSSR count). The Kier molecular flexibility index (Phi) is 4.57. The number of ether oxygens (including phenoxy) is 1. The van der Waals surface area contributed by atoms with Crippen molar-refractivity contribution in [2.24, 2.45) is 5.73 Å². The Hall–Kier alpha value is -1.16. The summed E-state index contributed by atoms with van der Waals surface area (Å²) in [6.07, 6.45) is -4.74. The highest BCUT2D eigenvalue weighted by Crippen LogP contribution is 2.35. The molecule has 1 saturated heterocycles. The van der Waals surface area contributed by atoms with Crippen LogP contribution in [0.4, 0.5) is 13.2 Å². The number of sulfonamides is 1. The molecule has 1 aliphatic rings. The molecule has 1 aromatic rings. The summed E-state index contributed by atoms with van der Waals surface area (Å²) in [5, 5.41) is 0. The summed E-state index contributed by atoms with van der Waals surface area (Å²) in [5.74, 6) is 0. The highest BCUT2D eigenvalue weighted by Gasteiger charge is 2.41. The number of halogens is 3. The normalized spacial score (nSPS) is 21.4. The molecule has 21 heavy (non-hydrogen) atoms. The van der Waals surface area contributed by atoms with E-state index in [1.165, 1.54) is 6.07 Å². The summed E-state index contributed by atoms with van der Waals surface area (Å²) in [6, 6.07) is 3.47. The molecule has 0 amide bonds. The minimum Gasteiger partial charge on any atom is -0.378 e. The third-order valence-corrected chi connectivity index (χ3v) is 5.23. The van der Waals surface area contributed by atoms with E-state index in [2.05, 4.69) is 0 Å². The van der Waals surface area contributed by atoms with Crippen molar-refractivity contribution in [2.45, 2.75) is 17.1 Å². The SMILES string of the molecule is NCC1COCCN1S(=O)(=O)c1ccccc1C(F)(F)F. The predicted octanol–water partition coefficient (Wildman–Crippen LogP) is 1.05. The molecule has 118 valence electrons. The topological polar surface area (TPSA) is 72.6 Å². The van der Waals surface area contributed by atoms with Gasteiger partial charge in [-0.05, 0) is 12.1 Å². The van der Waals surface area contributed by atoms with Gasteiger partial charge in [-0.1, -0.05) is 12.1 Å². The lowest BCUT2D eigenvalue weighted by Crippen LogP contribution is -2.52. The van der Waals surface area contributed by atoms with E-state index < -0.39 is 32.7 Å². The van der Waals surface area contributed by atoms with Crippen molar-refractivity contribution in [1.82, 2.24) is 4.31 Å². The Morgan fingerprint density at radius 3 is 2.62 bits per heavy atom. The standard InChI is InChI=1S/C12H15F3N2O3S/c13-12(14,15)10-3-1-2-4-11(10)21(18,19)17-5-6-20-8-9(17)7-16/h1-4,9H,5-8,16H2. The molecule has 2 N–H and O–H groups in total. The van der Waals surface area contributed by atoms with Gasteiger partial charge in [-0.25, -0.2) is 8.42 Å². The quantitative estimate of drug-likeness (QED) is 0.902. The smallest absolute Gasteiger partial charge is 0.378 e. The van der Waals surface area contributed by atoms with E-state index in [4.69, 9.17) is 10.5 Å². The summed E-state index contributed by atoms with van der Waals surface area (Å²) < 4.78 is 70.2. The average molecular weight is 324 g/mol. The van der Waals surface area contributed by atoms with Gasteiger partial charge in [0.15, 0.2) is 0 Å². The van der Waals surface area contributed by atoms with Crippen LogP contribution in [0.5, 0.6) is 0 Å². The molecule has 1 aromatic carbocycles. The highest BCUT2D eigenvalue weighted by molar-refractivity contribution is 7.89. The predicted molar refractivity (Wildman–Crippen MR) is 69.0 cm³/mol. The summed E-state index contributed by atoms with van der Waals surface area (Å²) in [4.78, 5) is -0.752. The maximum absolute atomic E-state index is 13.0. The molecule has 1 heterocycles. The van der Waals surface area contributed by atoms with E-state index in [0.717, 1.165) is 22.5 Å². The van der Waals surface area contributed by atoms with Crippen LogP contribution in [0.15, 0.2) is 29.2 Å². The summed E-state index contributed by atoms with van der Waals surface area (Å²) in [5.41, 5.74) is 4.31. The molecular weight excluding hydrogens is 309 g/mol. The van der Waals surface area contributed by atoms with E-state index in [0.29, 0.717) is 0 Å². The lowest BCUT2D eigenvalue weighted by molar-refractivity contribution is -0.140. The van der Waals surface area contributed by atoms with Gasteiger partial charge in [-0.3, -0.25) is 0 Å². The van der Waals surface area contributed by atoms with Crippen LogP contribution in [-0.2, 0) is 20.9 Å². The van der Waals surface area contributed by atoms with Gasteiger partial charge in [0.25, 0.3) is 0 Å². The summed E-state index contributed by atoms with van der Waals surface area (Å²) in [6.45, 7) is 0.164. The molecule has 1 fully saturated rings. The molecule has 1 aliphatic heterocycles. The first-order chi connectivity index (χ1) is 9.78. The van der Waals surface area contributed by atoms with Gasteiger partial charge in [0.1, 0.15) is 0 Å². The molecular formula is C12H15F3N2O3S. The van der Waals surface area contributed by atoms with Crippen LogP contribution in [0, 0.1) is 0 Å². The van der Waals surface area contributed by atoms with Crippen molar-refractivity contribution in [3.63, 3.8) is 0 Å². The number of hydrogen-bond donors (Lipinski definition) is 1. The first-order valence-electron chi connectivity index (χ1n) is 6.24. The van der Waals surface area contributed by atoms with E-state index in [1.54, 1.807) is 0 Å². The van der Waals surface area contributed by atoms with Gasteiger partial charge >= 0.3 is 6.18 Å². The van der Waals surface area contributed by atoms with Gasteiger partial charge in [-0.2, -0.15) is 17.5 Å². The molecule has 0 saturated carbocycles. The number of alkyl halides is 3. The van der Waals surface area contributed by atoms with Gasteiger partial charge in [0.2, 0.25) is 10.0 Å². The third-order valence-electron chi connectivity index (χ3n) is 3.22. The minimum atomic E-state index is -4.74. The van der Waals surface area contributed by atoms with Crippen molar-refractivity contribution in [1.29, 1.82) is 0 Å². The summed E-state index contributed by atoms with van der Waals surface area (Å²) in [7, 11) is -4.28. The minimum absolute atomic E-state index is 0.0175. The Bertz CT molecular complexity index is 604. The lowest BCUT2D eigenvalue weighted by atomic mass is 10.2. The van der Waals surface area contributed by atoms with E-state index >= 15 is 0 Å². The number of morpholine rings is 1. The molecule has 0 aliphatic carbocycles. The zero-order valence-electron chi connectivity index (χ0n) is 11.0. The highest BCUT2D eigenvalue weighted by atomic mass is 32.2. The van der Waals surface area contributed by atoms with Crippen LogP contribution in [0.1, 0.15) is 5.56 Å². The maximum Gasteiger partial charge on any atom is 0.417 e. The number of benzene rings is 1. The number of rotatable bonds is 3. The fourth-order valence-electron chi connectivity index (χ4n) is 2.19. The molecule has 0 radical (unpaired) electrons. The Morgan fingerprint density at radius 1 is 1.33 bits per heavy atom. The average Bonchev–Trinajstić information content (AvgIpc) is 2.46. The van der Waals surface area contributed by atoms with Gasteiger partial charge < -0.3 is 10.5 Å². The third kappa shape index (κ3) is 3.20. The first kappa shape index (κ1) is 16.2. The lowest BCUT2D eigenvalue weighted by Gasteiger charge is -2.34. The van der Waals surface area contributed by atoms with E-state index in [-0.39, 0.29) is 26.3 Å². The number of hydrogen-bond acceptors (Lipinski definition) is 4. The molecule has 9 heteroatoms. The Morgan fingerprint density at radius 2 is 2.00 bits per heavy atom. The number of nitrogens with zero attached hydrogens (tertiary/aromatic N) is 1. The molecule has 0 spiro atoms. The fourth-order valence-corrected chi connectivity index (χ4v) is 4.01. The van der Waals surface area contributed by atoms with Crippen LogP contribution in [0.25, 0.3) is 0 Å². The molecule has 1 unspecified atom stereocenters. The van der Waals surface area contributed by atoms with Crippen molar-refractivity contribution < 1.29 is 26.3 Å². The largest absolute Gasteiger partial charge is 0.417 e. The van der Waals surface area contributed by atoms with Crippen molar-refractivity contribution in [3.8, 4) is 0 Å². The zero-order valence-corrected chi connectivity index (χ0v) is 11.8. The van der Waals surface area contributed by atoms with Crippen molar-refractivity contribution in [3.05, 3.63) is 29.8 Å². The van der Waals surface area contributed by atoms with E-state index in [1.807, 2.05) is 0 Å². The second-order valence-electron chi connectivity index (χ2n) is 4.57. The van der Waals surface area contributed by atoms with Crippen LogP contribution >= 0.6 is 0 Å². The van der Waals surface area contributed by atoms with Gasteiger partial charge in [0.05, 0.1) is 29.7 Å². The molecule has 0 aromatic heterocycles. The Balaban J connectivity index is 2.49. The molecule has 5 nitrogen and oxygen atoms in total. The second kappa shape index (κ2) is 5.91. The fraction of sp³-hybridized carbons (Fsp3) is 0.500. The molecule has 1 atom stereocenters. The van der Waals surface area contributed by atoms with Gasteiger partial charge in [-0.15, -0.1) is 0 Å². The van der Waals surface area contributed by atoms with Crippen LogP contribution in [0.3, 0.4) is 0 Å². The monoisotopic (exact) mass is 324 g/mol. The summed E-state index contributed by atoms with van der Waals surface area (Å²) >= 11 is 0. The maximum atomic E-state index is 13.0. The number of nitrogens with two attached hydrogens (primary N) is 1.